The first kappa shape index (κ1) is 21.5. The normalized spacial score (nSPS) is 10.7. The predicted molar refractivity (Wildman–Crippen MR) is 114 cm³/mol. The van der Waals surface area contributed by atoms with Crippen molar-refractivity contribution in [1.29, 1.82) is 0 Å². The summed E-state index contributed by atoms with van der Waals surface area (Å²) in [4.78, 5) is 12.5. The number of benzene rings is 3. The molecule has 3 rings (SSSR count). The fourth-order valence-electron chi connectivity index (χ4n) is 2.92. The summed E-state index contributed by atoms with van der Waals surface area (Å²) in [5, 5.41) is 6.32. The SMILES string of the molecule is Cc1ccc([N+](C)(C)CC(=O)Nc2ccc(Nc3ccccc3)cc2)cc1.[Cl-]. The van der Waals surface area contributed by atoms with Crippen molar-refractivity contribution in [2.24, 2.45) is 0 Å². The Balaban J connectivity index is 0.00000280. The third-order valence-electron chi connectivity index (χ3n) is 4.50. The maximum atomic E-state index is 12.5. The van der Waals surface area contributed by atoms with Crippen LogP contribution in [0.4, 0.5) is 22.7 Å². The Morgan fingerprint density at radius 2 is 1.32 bits per heavy atom. The Bertz CT molecular complexity index is 891. The highest BCUT2D eigenvalue weighted by Crippen LogP contribution is 2.21. The van der Waals surface area contributed by atoms with Crippen molar-refractivity contribution in [3.05, 3.63) is 84.4 Å². The van der Waals surface area contributed by atoms with Crippen molar-refractivity contribution >= 4 is 28.7 Å². The number of quaternary nitrogens is 1. The molecule has 0 aliphatic carbocycles. The monoisotopic (exact) mass is 395 g/mol. The van der Waals surface area contributed by atoms with E-state index in [2.05, 4.69) is 41.8 Å². The van der Waals surface area contributed by atoms with E-state index in [0.29, 0.717) is 11.0 Å². The van der Waals surface area contributed by atoms with E-state index >= 15 is 0 Å². The van der Waals surface area contributed by atoms with Gasteiger partial charge in [0.1, 0.15) is 5.69 Å². The molecule has 0 spiro atoms. The highest BCUT2D eigenvalue weighted by molar-refractivity contribution is 5.93. The van der Waals surface area contributed by atoms with E-state index in [0.717, 1.165) is 22.7 Å². The smallest absolute Gasteiger partial charge is 0.280 e. The molecular formula is C23H26ClN3O. The van der Waals surface area contributed by atoms with Crippen LogP contribution in [0.25, 0.3) is 0 Å². The van der Waals surface area contributed by atoms with Crippen LogP contribution in [0.15, 0.2) is 78.9 Å². The molecule has 0 atom stereocenters. The zero-order valence-corrected chi connectivity index (χ0v) is 17.2. The summed E-state index contributed by atoms with van der Waals surface area (Å²) < 4.78 is 0.500. The highest BCUT2D eigenvalue weighted by Gasteiger charge is 2.23. The maximum absolute atomic E-state index is 12.5. The largest absolute Gasteiger partial charge is 1.00 e. The first-order valence-corrected chi connectivity index (χ1v) is 9.05. The van der Waals surface area contributed by atoms with Crippen LogP contribution in [-0.4, -0.2) is 26.5 Å². The number of halogens is 1. The minimum absolute atomic E-state index is 0. The van der Waals surface area contributed by atoms with Gasteiger partial charge >= 0.3 is 0 Å². The number of amides is 1. The van der Waals surface area contributed by atoms with E-state index in [-0.39, 0.29) is 18.3 Å². The summed E-state index contributed by atoms with van der Waals surface area (Å²) in [6, 6.07) is 26.0. The van der Waals surface area contributed by atoms with E-state index in [1.54, 1.807) is 0 Å². The lowest BCUT2D eigenvalue weighted by molar-refractivity contribution is -0.116. The number of hydrogen-bond acceptors (Lipinski definition) is 2. The van der Waals surface area contributed by atoms with Crippen molar-refractivity contribution in [2.45, 2.75) is 6.92 Å². The van der Waals surface area contributed by atoms with Gasteiger partial charge in [-0.3, -0.25) is 9.28 Å². The predicted octanol–water partition coefficient (Wildman–Crippen LogP) is 1.95. The van der Waals surface area contributed by atoms with Crippen LogP contribution >= 0.6 is 0 Å². The van der Waals surface area contributed by atoms with Gasteiger partial charge in [-0.15, -0.1) is 0 Å². The first-order chi connectivity index (χ1) is 12.9. The summed E-state index contributed by atoms with van der Waals surface area (Å²) in [7, 11) is 4.08. The van der Waals surface area contributed by atoms with Crippen LogP contribution in [0.3, 0.4) is 0 Å². The number of carbonyl (C=O) groups is 1. The molecule has 4 nitrogen and oxygen atoms in total. The number of para-hydroxylation sites is 1. The molecular weight excluding hydrogens is 370 g/mol. The molecule has 0 saturated carbocycles. The number of nitrogens with zero attached hydrogens (tertiary/aromatic N) is 1. The Kier molecular flexibility index (Phi) is 7.21. The number of likely N-dealkylation sites (N-methyl/N-ethyl adjacent to an activating group) is 1. The standard InChI is InChI=1S/C23H25N3O.ClH/c1-18-9-15-22(16-10-18)26(2,3)17-23(27)25-21-13-11-20(12-14-21)24-19-7-5-4-6-8-19;/h4-16,24H,17H2,1-3H3;1H. The van der Waals surface area contributed by atoms with E-state index in [1.807, 2.05) is 68.7 Å². The molecule has 0 aliphatic heterocycles. The Morgan fingerprint density at radius 3 is 1.93 bits per heavy atom. The molecule has 3 aromatic rings. The zero-order chi connectivity index (χ0) is 19.3. The Labute approximate surface area is 173 Å². The third-order valence-corrected chi connectivity index (χ3v) is 4.50. The van der Waals surface area contributed by atoms with Gasteiger partial charge in [0.2, 0.25) is 0 Å². The lowest BCUT2D eigenvalue weighted by Crippen LogP contribution is -3.00. The molecule has 0 aliphatic rings. The van der Waals surface area contributed by atoms with Gasteiger partial charge in [0.25, 0.3) is 5.91 Å². The van der Waals surface area contributed by atoms with Crippen LogP contribution in [0, 0.1) is 6.92 Å². The second-order valence-electron chi connectivity index (χ2n) is 7.30. The van der Waals surface area contributed by atoms with Gasteiger partial charge in [0.05, 0.1) is 14.1 Å². The topological polar surface area (TPSA) is 41.1 Å². The lowest BCUT2D eigenvalue weighted by atomic mass is 10.2. The van der Waals surface area contributed by atoms with Crippen molar-refractivity contribution < 1.29 is 17.2 Å². The molecule has 3 aromatic carbocycles. The molecule has 0 fully saturated rings. The molecule has 5 heteroatoms. The fraction of sp³-hybridized carbons (Fsp3) is 0.174. The number of rotatable bonds is 6. The van der Waals surface area contributed by atoms with Crippen molar-refractivity contribution in [1.82, 2.24) is 4.48 Å². The van der Waals surface area contributed by atoms with Crippen molar-refractivity contribution in [2.75, 3.05) is 31.3 Å². The highest BCUT2D eigenvalue weighted by atomic mass is 35.5. The van der Waals surface area contributed by atoms with E-state index in [9.17, 15) is 4.79 Å². The molecule has 0 heterocycles. The molecule has 0 unspecified atom stereocenters. The molecule has 146 valence electrons. The Hall–Kier alpha value is -2.82. The quantitative estimate of drug-likeness (QED) is 0.626. The molecule has 0 aromatic heterocycles. The van der Waals surface area contributed by atoms with E-state index < -0.39 is 0 Å². The van der Waals surface area contributed by atoms with Crippen LogP contribution in [-0.2, 0) is 4.79 Å². The van der Waals surface area contributed by atoms with Crippen LogP contribution in [0.1, 0.15) is 5.56 Å². The average molecular weight is 396 g/mol. The molecule has 0 saturated heterocycles. The number of anilines is 3. The third kappa shape index (κ3) is 5.84. The molecule has 1 amide bonds. The maximum Gasteiger partial charge on any atom is 0.280 e. The molecule has 0 radical (unpaired) electrons. The number of hydrogen-bond donors (Lipinski definition) is 2. The van der Waals surface area contributed by atoms with Crippen LogP contribution < -0.4 is 27.5 Å². The molecule has 2 N–H and O–H groups in total. The summed E-state index contributed by atoms with van der Waals surface area (Å²) >= 11 is 0. The fourth-order valence-corrected chi connectivity index (χ4v) is 2.92. The van der Waals surface area contributed by atoms with Crippen LogP contribution in [0.2, 0.25) is 0 Å². The van der Waals surface area contributed by atoms with Crippen molar-refractivity contribution in [3.63, 3.8) is 0 Å². The average Bonchev–Trinajstić information content (AvgIpc) is 2.64. The summed E-state index contributed by atoms with van der Waals surface area (Å²) in [5.41, 5.74) is 5.13. The van der Waals surface area contributed by atoms with Gasteiger partial charge in [0, 0.05) is 17.1 Å². The Morgan fingerprint density at radius 1 is 0.786 bits per heavy atom. The molecule has 28 heavy (non-hydrogen) atoms. The minimum Gasteiger partial charge on any atom is -1.00 e. The van der Waals surface area contributed by atoms with E-state index in [4.69, 9.17) is 0 Å². The summed E-state index contributed by atoms with van der Waals surface area (Å²) in [6.45, 7) is 2.43. The number of nitrogens with one attached hydrogen (secondary N) is 2. The van der Waals surface area contributed by atoms with Gasteiger partial charge < -0.3 is 23.0 Å². The molecule has 0 bridgehead atoms. The second kappa shape index (κ2) is 9.40. The van der Waals surface area contributed by atoms with Gasteiger partial charge in [-0.1, -0.05) is 35.9 Å². The first-order valence-electron chi connectivity index (χ1n) is 9.05. The minimum atomic E-state index is -0.00987. The second-order valence-corrected chi connectivity index (χ2v) is 7.30. The lowest BCUT2D eigenvalue weighted by Gasteiger charge is -2.28. The van der Waals surface area contributed by atoms with Gasteiger partial charge in [-0.25, -0.2) is 0 Å². The number of carbonyl (C=O) groups excluding carboxylic acids is 1. The van der Waals surface area contributed by atoms with Crippen molar-refractivity contribution in [3.8, 4) is 0 Å². The number of aryl methyl sites for hydroxylation is 1. The van der Waals surface area contributed by atoms with E-state index in [1.165, 1.54) is 5.56 Å². The van der Waals surface area contributed by atoms with Gasteiger partial charge in [-0.2, -0.15) is 0 Å². The van der Waals surface area contributed by atoms with Gasteiger partial charge in [-0.05, 0) is 55.5 Å². The van der Waals surface area contributed by atoms with Gasteiger partial charge in [0.15, 0.2) is 6.54 Å². The summed E-state index contributed by atoms with van der Waals surface area (Å²) in [5.74, 6) is -0.00987. The zero-order valence-electron chi connectivity index (χ0n) is 16.4. The summed E-state index contributed by atoms with van der Waals surface area (Å²) in [6.07, 6.45) is 0. The van der Waals surface area contributed by atoms with Crippen LogP contribution in [0.5, 0.6) is 0 Å².